The molecule has 0 saturated carbocycles. The fraction of sp³-hybridized carbons (Fsp3) is 0.381. The SMILES string of the molecule is CCOc1ccc(C(=O)OC(C)C(=O)c2[nH]c(C)c(C(=O)OC)c2C)cc1OC. The molecule has 8 heteroatoms. The maximum absolute atomic E-state index is 12.8. The number of aromatic amines is 1. The highest BCUT2D eigenvalue weighted by atomic mass is 16.5. The number of nitrogens with one attached hydrogen (secondary N) is 1. The molecule has 2 rings (SSSR count). The van der Waals surface area contributed by atoms with Gasteiger partial charge >= 0.3 is 11.9 Å². The number of aromatic nitrogens is 1. The van der Waals surface area contributed by atoms with Crippen LogP contribution >= 0.6 is 0 Å². The summed E-state index contributed by atoms with van der Waals surface area (Å²) in [5.41, 5.74) is 1.68. The van der Waals surface area contributed by atoms with Crippen molar-refractivity contribution >= 4 is 17.7 Å². The fourth-order valence-electron chi connectivity index (χ4n) is 2.96. The number of ketones is 1. The van der Waals surface area contributed by atoms with Gasteiger partial charge in [0.1, 0.15) is 0 Å². The van der Waals surface area contributed by atoms with Crippen LogP contribution in [-0.4, -0.2) is 49.6 Å². The lowest BCUT2D eigenvalue weighted by Gasteiger charge is -2.14. The summed E-state index contributed by atoms with van der Waals surface area (Å²) in [6.07, 6.45) is -1.07. The van der Waals surface area contributed by atoms with Gasteiger partial charge in [-0.15, -0.1) is 0 Å². The predicted molar refractivity (Wildman–Crippen MR) is 105 cm³/mol. The van der Waals surface area contributed by atoms with Gasteiger partial charge in [0, 0.05) is 5.69 Å². The van der Waals surface area contributed by atoms with Crippen LogP contribution in [0.4, 0.5) is 0 Å². The van der Waals surface area contributed by atoms with E-state index in [9.17, 15) is 14.4 Å². The summed E-state index contributed by atoms with van der Waals surface area (Å²) < 4.78 is 20.7. The molecule has 1 atom stereocenters. The zero-order chi connectivity index (χ0) is 21.7. The lowest BCUT2D eigenvalue weighted by Crippen LogP contribution is -2.25. The van der Waals surface area contributed by atoms with Crippen LogP contribution < -0.4 is 9.47 Å². The summed E-state index contributed by atoms with van der Waals surface area (Å²) in [5, 5.41) is 0. The monoisotopic (exact) mass is 403 g/mol. The van der Waals surface area contributed by atoms with Crippen LogP contribution in [0.2, 0.25) is 0 Å². The highest BCUT2D eigenvalue weighted by Crippen LogP contribution is 2.28. The van der Waals surface area contributed by atoms with Gasteiger partial charge in [0.25, 0.3) is 0 Å². The number of ether oxygens (including phenoxy) is 4. The number of Topliss-reactive ketones (excluding diaryl/α,β-unsaturated/α-hetero) is 1. The van der Waals surface area contributed by atoms with Gasteiger partial charge in [0.05, 0.1) is 37.6 Å². The largest absolute Gasteiger partial charge is 0.493 e. The molecule has 0 aliphatic rings. The van der Waals surface area contributed by atoms with Crippen LogP contribution in [0.5, 0.6) is 11.5 Å². The third kappa shape index (κ3) is 4.59. The Labute approximate surface area is 169 Å². The van der Waals surface area contributed by atoms with Crippen molar-refractivity contribution in [1.29, 1.82) is 0 Å². The number of hydrogen-bond acceptors (Lipinski definition) is 7. The Morgan fingerprint density at radius 1 is 1.07 bits per heavy atom. The van der Waals surface area contributed by atoms with Gasteiger partial charge in [-0.1, -0.05) is 0 Å². The second kappa shape index (κ2) is 9.27. The first-order valence-electron chi connectivity index (χ1n) is 9.08. The number of carbonyl (C=O) groups excluding carboxylic acids is 3. The Bertz CT molecular complexity index is 929. The molecule has 8 nitrogen and oxygen atoms in total. The van der Waals surface area contributed by atoms with Crippen molar-refractivity contribution in [3.63, 3.8) is 0 Å². The number of rotatable bonds is 8. The summed E-state index contributed by atoms with van der Waals surface area (Å²) >= 11 is 0. The summed E-state index contributed by atoms with van der Waals surface area (Å²) in [6, 6.07) is 4.63. The van der Waals surface area contributed by atoms with Gasteiger partial charge in [-0.2, -0.15) is 0 Å². The lowest BCUT2D eigenvalue weighted by molar-refractivity contribution is 0.0316. The summed E-state index contributed by atoms with van der Waals surface area (Å²) in [4.78, 5) is 40.0. The first kappa shape index (κ1) is 22.0. The van der Waals surface area contributed by atoms with Crippen LogP contribution in [-0.2, 0) is 9.47 Å². The molecular weight excluding hydrogens is 378 g/mol. The molecule has 0 aliphatic heterocycles. The number of H-pyrrole nitrogens is 1. The third-order valence-electron chi connectivity index (χ3n) is 4.43. The van der Waals surface area contributed by atoms with E-state index in [1.54, 1.807) is 19.9 Å². The first-order chi connectivity index (χ1) is 13.7. The smallest absolute Gasteiger partial charge is 0.339 e. The lowest BCUT2D eigenvalue weighted by atomic mass is 10.1. The Balaban J connectivity index is 2.20. The van der Waals surface area contributed by atoms with Crippen LogP contribution in [0.1, 0.15) is 56.3 Å². The van der Waals surface area contributed by atoms with Crippen molar-refractivity contribution in [2.24, 2.45) is 0 Å². The topological polar surface area (TPSA) is 104 Å². The van der Waals surface area contributed by atoms with Crippen molar-refractivity contribution in [3.8, 4) is 11.5 Å². The normalized spacial score (nSPS) is 11.5. The Hall–Kier alpha value is -3.29. The summed E-state index contributed by atoms with van der Waals surface area (Å²) in [5.74, 6) is -0.780. The second-order valence-electron chi connectivity index (χ2n) is 6.33. The van der Waals surface area contributed by atoms with Crippen molar-refractivity contribution < 1.29 is 33.3 Å². The molecule has 0 radical (unpaired) electrons. The number of methoxy groups -OCH3 is 2. The Morgan fingerprint density at radius 3 is 2.34 bits per heavy atom. The van der Waals surface area contributed by atoms with E-state index in [0.717, 1.165) is 0 Å². The molecule has 156 valence electrons. The van der Waals surface area contributed by atoms with E-state index in [-0.39, 0.29) is 11.3 Å². The zero-order valence-electron chi connectivity index (χ0n) is 17.4. The number of benzene rings is 1. The zero-order valence-corrected chi connectivity index (χ0v) is 17.4. The Morgan fingerprint density at radius 2 is 1.76 bits per heavy atom. The fourth-order valence-corrected chi connectivity index (χ4v) is 2.96. The quantitative estimate of drug-likeness (QED) is 0.533. The molecule has 2 aromatic rings. The van der Waals surface area contributed by atoms with E-state index in [1.807, 2.05) is 6.92 Å². The molecule has 1 heterocycles. The van der Waals surface area contributed by atoms with E-state index < -0.39 is 23.8 Å². The molecule has 1 N–H and O–H groups in total. The van der Waals surface area contributed by atoms with Gasteiger partial charge in [-0.3, -0.25) is 4.79 Å². The van der Waals surface area contributed by atoms with Crippen LogP contribution in [0.25, 0.3) is 0 Å². The van der Waals surface area contributed by atoms with E-state index in [2.05, 4.69) is 4.98 Å². The minimum absolute atomic E-state index is 0.201. The number of carbonyl (C=O) groups is 3. The molecule has 0 saturated heterocycles. The average Bonchev–Trinajstić information content (AvgIpc) is 3.01. The number of aryl methyl sites for hydroxylation is 1. The minimum atomic E-state index is -1.07. The molecule has 0 bridgehead atoms. The number of hydrogen-bond donors (Lipinski definition) is 1. The molecule has 0 aliphatic carbocycles. The van der Waals surface area contributed by atoms with Crippen LogP contribution in [0.3, 0.4) is 0 Å². The molecular formula is C21H25NO7. The minimum Gasteiger partial charge on any atom is -0.493 e. The summed E-state index contributed by atoms with van der Waals surface area (Å²) in [7, 11) is 2.74. The summed E-state index contributed by atoms with van der Waals surface area (Å²) in [6.45, 7) is 7.06. The predicted octanol–water partition coefficient (Wildman–Crippen LogP) is 3.25. The van der Waals surface area contributed by atoms with E-state index in [0.29, 0.717) is 34.9 Å². The number of esters is 2. The van der Waals surface area contributed by atoms with Crippen molar-refractivity contribution in [2.45, 2.75) is 33.8 Å². The van der Waals surface area contributed by atoms with E-state index >= 15 is 0 Å². The molecule has 0 spiro atoms. The standard InChI is InChI=1S/C21H25NO7/c1-7-28-15-9-8-14(10-16(15)26-5)20(24)29-13(4)19(23)18-11(2)17(12(3)22-18)21(25)27-6/h8-10,13,22H,7H2,1-6H3. The third-order valence-corrected chi connectivity index (χ3v) is 4.43. The molecule has 0 amide bonds. The Kier molecular flexibility index (Phi) is 7.03. The van der Waals surface area contributed by atoms with Crippen molar-refractivity contribution in [3.05, 3.63) is 46.3 Å². The van der Waals surface area contributed by atoms with E-state index in [1.165, 1.54) is 33.3 Å². The van der Waals surface area contributed by atoms with Crippen LogP contribution in [0.15, 0.2) is 18.2 Å². The highest BCUT2D eigenvalue weighted by Gasteiger charge is 2.27. The van der Waals surface area contributed by atoms with Gasteiger partial charge in [-0.25, -0.2) is 9.59 Å². The molecule has 29 heavy (non-hydrogen) atoms. The van der Waals surface area contributed by atoms with Crippen LogP contribution in [0, 0.1) is 13.8 Å². The highest BCUT2D eigenvalue weighted by molar-refractivity contribution is 6.04. The van der Waals surface area contributed by atoms with Crippen molar-refractivity contribution in [1.82, 2.24) is 4.98 Å². The first-order valence-corrected chi connectivity index (χ1v) is 9.08. The average molecular weight is 403 g/mol. The van der Waals surface area contributed by atoms with Gasteiger partial charge in [0.15, 0.2) is 17.6 Å². The maximum Gasteiger partial charge on any atom is 0.339 e. The molecule has 1 aromatic heterocycles. The molecule has 1 unspecified atom stereocenters. The molecule has 1 aromatic carbocycles. The second-order valence-corrected chi connectivity index (χ2v) is 6.33. The maximum atomic E-state index is 12.8. The van der Waals surface area contributed by atoms with Gasteiger partial charge in [-0.05, 0) is 51.5 Å². The van der Waals surface area contributed by atoms with E-state index in [4.69, 9.17) is 18.9 Å². The van der Waals surface area contributed by atoms with Crippen molar-refractivity contribution in [2.75, 3.05) is 20.8 Å². The molecule has 0 fully saturated rings. The van der Waals surface area contributed by atoms with Gasteiger partial charge < -0.3 is 23.9 Å². The van der Waals surface area contributed by atoms with Gasteiger partial charge in [0.2, 0.25) is 5.78 Å².